The van der Waals surface area contributed by atoms with Crippen molar-refractivity contribution in [3.05, 3.63) is 11.6 Å². The molecular formula is C10H15F3O2S. The minimum Gasteiger partial charge on any atom is -0.306 e. The summed E-state index contributed by atoms with van der Waals surface area (Å²) in [5, 5.41) is -0.281. The lowest BCUT2D eigenvalue weighted by Gasteiger charge is -2.07. The average molecular weight is 256 g/mol. The number of allylic oxidation sites excluding steroid dienone is 2. The molecule has 0 aliphatic heterocycles. The number of rotatable bonds is 2. The summed E-state index contributed by atoms with van der Waals surface area (Å²) in [6.45, 7) is 0. The Morgan fingerprint density at radius 3 is 2.62 bits per heavy atom. The van der Waals surface area contributed by atoms with Gasteiger partial charge in [0.15, 0.2) is 11.1 Å². The van der Waals surface area contributed by atoms with Gasteiger partial charge >= 0.3 is 6.18 Å². The molecule has 6 heteroatoms. The van der Waals surface area contributed by atoms with Gasteiger partial charge in [-0.1, -0.05) is 11.6 Å². The fraction of sp³-hybridized carbons (Fsp3) is 0.800. The van der Waals surface area contributed by atoms with Gasteiger partial charge in [0.05, 0.1) is 11.7 Å². The maximum Gasteiger partial charge on any atom is 0.392 e. The first-order valence-electron chi connectivity index (χ1n) is 5.23. The van der Waals surface area contributed by atoms with Gasteiger partial charge in [0, 0.05) is 0 Å². The fourth-order valence-electron chi connectivity index (χ4n) is 1.84. The van der Waals surface area contributed by atoms with Crippen molar-refractivity contribution in [2.45, 2.75) is 50.0 Å². The lowest BCUT2D eigenvalue weighted by atomic mass is 10.1. The Labute approximate surface area is 95.2 Å². The van der Waals surface area contributed by atoms with Crippen LogP contribution >= 0.6 is 0 Å². The molecule has 0 aromatic carbocycles. The van der Waals surface area contributed by atoms with E-state index in [1.165, 1.54) is 6.08 Å². The van der Waals surface area contributed by atoms with Crippen molar-refractivity contribution in [3.63, 3.8) is 0 Å². The van der Waals surface area contributed by atoms with Crippen LogP contribution in [0.2, 0.25) is 0 Å². The van der Waals surface area contributed by atoms with Gasteiger partial charge in [0.1, 0.15) is 0 Å². The van der Waals surface area contributed by atoms with Crippen molar-refractivity contribution in [3.8, 4) is 0 Å². The van der Waals surface area contributed by atoms with E-state index in [4.69, 9.17) is 4.55 Å². The number of halogens is 3. The minimum absolute atomic E-state index is 0.281. The molecule has 0 radical (unpaired) electrons. The molecular weight excluding hydrogens is 241 g/mol. The first-order valence-corrected chi connectivity index (χ1v) is 6.40. The summed E-state index contributed by atoms with van der Waals surface area (Å²) in [5.41, 5.74) is 0.769. The largest absolute Gasteiger partial charge is 0.392 e. The Morgan fingerprint density at radius 2 is 2.06 bits per heavy atom. The highest BCUT2D eigenvalue weighted by Crippen LogP contribution is 2.28. The van der Waals surface area contributed by atoms with E-state index in [1.54, 1.807) is 0 Å². The summed E-state index contributed by atoms with van der Waals surface area (Å²) >= 11 is -1.85. The predicted octanol–water partition coefficient (Wildman–Crippen LogP) is 3.42. The summed E-state index contributed by atoms with van der Waals surface area (Å²) in [7, 11) is 0. The van der Waals surface area contributed by atoms with Crippen LogP contribution in [0.15, 0.2) is 11.6 Å². The molecule has 2 nitrogen and oxygen atoms in total. The van der Waals surface area contributed by atoms with Crippen LogP contribution in [0.1, 0.15) is 38.5 Å². The normalized spacial score (nSPS) is 27.8. The van der Waals surface area contributed by atoms with Crippen LogP contribution in [0.3, 0.4) is 0 Å². The molecule has 0 saturated heterocycles. The first kappa shape index (κ1) is 13.7. The number of hydrogen-bond acceptors (Lipinski definition) is 1. The second-order valence-electron chi connectivity index (χ2n) is 4.01. The summed E-state index contributed by atoms with van der Waals surface area (Å²) in [6.07, 6.45) is -0.882. The van der Waals surface area contributed by atoms with E-state index in [-0.39, 0.29) is 5.25 Å². The van der Waals surface area contributed by atoms with E-state index in [0.717, 1.165) is 5.57 Å². The van der Waals surface area contributed by atoms with Crippen LogP contribution in [0, 0.1) is 0 Å². The topological polar surface area (TPSA) is 37.3 Å². The highest BCUT2D eigenvalue weighted by atomic mass is 32.2. The maximum atomic E-state index is 12.0. The SMILES string of the molecule is O=S(O)C1CCC/C(=C/CC(F)(F)F)CC1. The first-order chi connectivity index (χ1) is 7.38. The Hall–Kier alpha value is -0.360. The fourth-order valence-corrected chi connectivity index (χ4v) is 2.53. The molecule has 1 rings (SSSR count). The van der Waals surface area contributed by atoms with Crippen molar-refractivity contribution in [1.29, 1.82) is 0 Å². The molecule has 0 aromatic rings. The predicted molar refractivity (Wildman–Crippen MR) is 56.4 cm³/mol. The Bertz CT molecular complexity index is 286. The van der Waals surface area contributed by atoms with Crippen LogP contribution in [0.4, 0.5) is 13.2 Å². The van der Waals surface area contributed by atoms with Gasteiger partial charge in [-0.05, 0) is 32.1 Å². The third kappa shape index (κ3) is 5.12. The lowest BCUT2D eigenvalue weighted by Crippen LogP contribution is -2.12. The molecule has 0 heterocycles. The van der Waals surface area contributed by atoms with Crippen LogP contribution in [-0.2, 0) is 11.1 Å². The zero-order valence-electron chi connectivity index (χ0n) is 8.79. The maximum absolute atomic E-state index is 12.0. The number of hydrogen-bond donors (Lipinski definition) is 1. The summed E-state index contributed by atoms with van der Waals surface area (Å²) < 4.78 is 55.7. The molecule has 0 bridgehead atoms. The molecule has 1 fully saturated rings. The van der Waals surface area contributed by atoms with Gasteiger partial charge in [-0.15, -0.1) is 0 Å². The smallest absolute Gasteiger partial charge is 0.306 e. The van der Waals surface area contributed by atoms with Gasteiger partial charge in [0.2, 0.25) is 0 Å². The van der Waals surface area contributed by atoms with Crippen molar-refractivity contribution in [1.82, 2.24) is 0 Å². The average Bonchev–Trinajstić information content (AvgIpc) is 2.38. The van der Waals surface area contributed by atoms with Crippen LogP contribution in [0.5, 0.6) is 0 Å². The molecule has 16 heavy (non-hydrogen) atoms. The lowest BCUT2D eigenvalue weighted by molar-refractivity contribution is -0.125. The highest BCUT2D eigenvalue weighted by Gasteiger charge is 2.26. The van der Waals surface area contributed by atoms with Gasteiger partial charge in [-0.2, -0.15) is 13.2 Å². The minimum atomic E-state index is -4.15. The second kappa shape index (κ2) is 5.82. The van der Waals surface area contributed by atoms with E-state index >= 15 is 0 Å². The van der Waals surface area contributed by atoms with Crippen LogP contribution < -0.4 is 0 Å². The van der Waals surface area contributed by atoms with Crippen LogP contribution in [-0.4, -0.2) is 20.2 Å². The van der Waals surface area contributed by atoms with Crippen molar-refractivity contribution < 1.29 is 21.9 Å². The summed E-state index contributed by atoms with van der Waals surface area (Å²) in [4.78, 5) is 0. The molecule has 0 amide bonds. The molecule has 1 aliphatic carbocycles. The molecule has 2 atom stereocenters. The third-order valence-corrected chi connectivity index (χ3v) is 3.76. The zero-order chi connectivity index (χ0) is 12.2. The Morgan fingerprint density at radius 1 is 1.38 bits per heavy atom. The van der Waals surface area contributed by atoms with Gasteiger partial charge in [-0.25, -0.2) is 4.21 Å². The molecule has 1 saturated carbocycles. The monoisotopic (exact) mass is 256 g/mol. The quantitative estimate of drug-likeness (QED) is 0.467. The zero-order valence-corrected chi connectivity index (χ0v) is 9.61. The second-order valence-corrected chi connectivity index (χ2v) is 5.23. The van der Waals surface area contributed by atoms with Crippen molar-refractivity contribution in [2.24, 2.45) is 0 Å². The van der Waals surface area contributed by atoms with Gasteiger partial charge in [-0.3, -0.25) is 0 Å². The van der Waals surface area contributed by atoms with E-state index < -0.39 is 23.7 Å². The van der Waals surface area contributed by atoms with E-state index in [2.05, 4.69) is 0 Å². The molecule has 0 spiro atoms. The molecule has 1 aliphatic rings. The summed E-state index contributed by atoms with van der Waals surface area (Å²) in [6, 6.07) is 0. The standard InChI is InChI=1S/C10H15F3O2S/c11-10(12,13)7-6-8-2-1-3-9(5-4-8)16(14)15/h6,9H,1-5,7H2,(H,14,15)/b8-6-. The Balaban J connectivity index is 2.50. The molecule has 2 unspecified atom stereocenters. The van der Waals surface area contributed by atoms with Gasteiger partial charge in [0.25, 0.3) is 0 Å². The van der Waals surface area contributed by atoms with Crippen molar-refractivity contribution in [2.75, 3.05) is 0 Å². The van der Waals surface area contributed by atoms with E-state index in [1.807, 2.05) is 0 Å². The van der Waals surface area contributed by atoms with E-state index in [9.17, 15) is 17.4 Å². The van der Waals surface area contributed by atoms with Gasteiger partial charge < -0.3 is 4.55 Å². The number of alkyl halides is 3. The molecule has 0 aromatic heterocycles. The molecule has 1 N–H and O–H groups in total. The van der Waals surface area contributed by atoms with Crippen molar-refractivity contribution >= 4 is 11.1 Å². The highest BCUT2D eigenvalue weighted by molar-refractivity contribution is 7.79. The molecule has 94 valence electrons. The van der Waals surface area contributed by atoms with E-state index in [0.29, 0.717) is 32.1 Å². The summed E-state index contributed by atoms with van der Waals surface area (Å²) in [5.74, 6) is 0. The third-order valence-electron chi connectivity index (χ3n) is 2.72. The Kier molecular flexibility index (Phi) is 4.98. The van der Waals surface area contributed by atoms with Crippen LogP contribution in [0.25, 0.3) is 0 Å².